The van der Waals surface area contributed by atoms with Gasteiger partial charge in [0.1, 0.15) is 5.82 Å². The van der Waals surface area contributed by atoms with Crippen LogP contribution in [0, 0.1) is 23.3 Å². The summed E-state index contributed by atoms with van der Waals surface area (Å²) in [6, 6.07) is 10.1. The van der Waals surface area contributed by atoms with Crippen LogP contribution < -0.4 is 16.0 Å². The second kappa shape index (κ2) is 10.1. The van der Waals surface area contributed by atoms with E-state index in [2.05, 4.69) is 10.6 Å². The lowest BCUT2D eigenvalue weighted by atomic mass is 10.1. The molecule has 0 aromatic heterocycles. The Morgan fingerprint density at radius 2 is 1.45 bits per heavy atom. The average molecular weight is 480 g/mol. The monoisotopic (exact) mass is 479 g/mol. The smallest absolute Gasteiger partial charge is 0.255 e. The molecule has 0 aliphatic rings. The minimum Gasteiger partial charge on any atom is -0.343 e. The third kappa shape index (κ3) is 5.86. The Kier molecular flexibility index (Phi) is 7.29. The summed E-state index contributed by atoms with van der Waals surface area (Å²) >= 11 is 5.94. The number of anilines is 2. The summed E-state index contributed by atoms with van der Waals surface area (Å²) in [5.41, 5.74) is -0.523. The number of carbonyl (C=O) groups excluding carboxylic acids is 3. The highest BCUT2D eigenvalue weighted by Crippen LogP contribution is 2.22. The van der Waals surface area contributed by atoms with Gasteiger partial charge in [0.15, 0.2) is 17.5 Å². The van der Waals surface area contributed by atoms with Crippen molar-refractivity contribution in [1.82, 2.24) is 5.32 Å². The zero-order chi connectivity index (χ0) is 24.1. The minimum atomic E-state index is -1.75. The maximum Gasteiger partial charge on any atom is 0.255 e. The molecule has 0 heterocycles. The zero-order valence-electron chi connectivity index (χ0n) is 16.5. The van der Waals surface area contributed by atoms with Gasteiger partial charge < -0.3 is 16.0 Å². The molecule has 6 nitrogen and oxygen atoms in total. The van der Waals surface area contributed by atoms with Crippen molar-refractivity contribution in [2.45, 2.75) is 0 Å². The van der Waals surface area contributed by atoms with E-state index in [0.29, 0.717) is 6.07 Å². The van der Waals surface area contributed by atoms with Gasteiger partial charge >= 0.3 is 0 Å². The van der Waals surface area contributed by atoms with Crippen LogP contribution in [0.25, 0.3) is 0 Å². The van der Waals surface area contributed by atoms with Crippen LogP contribution in [0.15, 0.2) is 54.6 Å². The van der Waals surface area contributed by atoms with Crippen molar-refractivity contribution in [3.8, 4) is 0 Å². The molecule has 3 rings (SSSR count). The van der Waals surface area contributed by atoms with Crippen LogP contribution in [0.3, 0.4) is 0 Å². The molecule has 0 atom stereocenters. The van der Waals surface area contributed by atoms with Gasteiger partial charge in [-0.05, 0) is 54.6 Å². The molecule has 170 valence electrons. The van der Waals surface area contributed by atoms with E-state index >= 15 is 0 Å². The Morgan fingerprint density at radius 1 is 0.758 bits per heavy atom. The van der Waals surface area contributed by atoms with Gasteiger partial charge in [-0.1, -0.05) is 11.6 Å². The number of carbonyl (C=O) groups is 3. The average Bonchev–Trinajstić information content (AvgIpc) is 2.78. The van der Waals surface area contributed by atoms with Gasteiger partial charge in [-0.25, -0.2) is 17.6 Å². The molecule has 0 aliphatic carbocycles. The number of hydrogen-bond donors (Lipinski definition) is 3. The maximum atomic E-state index is 13.7. The first-order valence-electron chi connectivity index (χ1n) is 9.23. The molecule has 3 aromatic rings. The Labute approximate surface area is 189 Å². The lowest BCUT2D eigenvalue weighted by molar-refractivity contribution is -0.115. The molecule has 0 saturated carbocycles. The van der Waals surface area contributed by atoms with Crippen LogP contribution in [-0.2, 0) is 4.79 Å². The zero-order valence-corrected chi connectivity index (χ0v) is 17.3. The lowest BCUT2D eigenvalue weighted by Gasteiger charge is -2.13. The topological polar surface area (TPSA) is 87.3 Å². The molecular formula is C22H14ClF4N3O3. The maximum absolute atomic E-state index is 13.7. The van der Waals surface area contributed by atoms with E-state index < -0.39 is 53.2 Å². The second-order valence-corrected chi connectivity index (χ2v) is 7.04. The molecule has 33 heavy (non-hydrogen) atoms. The predicted octanol–water partition coefficient (Wildman–Crippen LogP) is 4.52. The number of benzene rings is 3. The van der Waals surface area contributed by atoms with Gasteiger partial charge in [-0.15, -0.1) is 0 Å². The summed E-state index contributed by atoms with van der Waals surface area (Å²) in [4.78, 5) is 36.9. The van der Waals surface area contributed by atoms with Crippen molar-refractivity contribution in [3.63, 3.8) is 0 Å². The van der Waals surface area contributed by atoms with Gasteiger partial charge in [0.2, 0.25) is 5.91 Å². The van der Waals surface area contributed by atoms with Crippen molar-refractivity contribution in [1.29, 1.82) is 0 Å². The number of halogens is 5. The van der Waals surface area contributed by atoms with Crippen LogP contribution in [0.2, 0.25) is 5.02 Å². The first kappa shape index (κ1) is 23.7. The summed E-state index contributed by atoms with van der Waals surface area (Å²) in [5, 5.41) is 6.95. The molecule has 3 N–H and O–H groups in total. The van der Waals surface area contributed by atoms with Crippen LogP contribution >= 0.6 is 11.6 Å². The minimum absolute atomic E-state index is 0.0152. The highest BCUT2D eigenvalue weighted by molar-refractivity contribution is 6.31. The second-order valence-electron chi connectivity index (χ2n) is 6.60. The number of amides is 3. The molecular weight excluding hydrogens is 466 g/mol. The number of nitrogens with one attached hydrogen (secondary N) is 3. The summed E-state index contributed by atoms with van der Waals surface area (Å²) < 4.78 is 53.0. The highest BCUT2D eigenvalue weighted by atomic mass is 35.5. The summed E-state index contributed by atoms with van der Waals surface area (Å²) in [6.07, 6.45) is 0. The normalized spacial score (nSPS) is 10.5. The van der Waals surface area contributed by atoms with E-state index in [-0.39, 0.29) is 21.8 Å². The van der Waals surface area contributed by atoms with Gasteiger partial charge in [0.05, 0.1) is 23.5 Å². The van der Waals surface area contributed by atoms with Crippen molar-refractivity contribution < 1.29 is 31.9 Å². The van der Waals surface area contributed by atoms with E-state index in [4.69, 9.17) is 11.6 Å². The SMILES string of the molecule is O=C(CNC(=O)c1ccc(Cl)cc1NC(=O)c1ccc(F)cc1)Nc1ccc(F)c(F)c1F. The predicted molar refractivity (Wildman–Crippen MR) is 113 cm³/mol. The van der Waals surface area contributed by atoms with Gasteiger partial charge in [0.25, 0.3) is 11.8 Å². The molecule has 3 amide bonds. The Balaban J connectivity index is 1.68. The van der Waals surface area contributed by atoms with Gasteiger partial charge in [0, 0.05) is 10.6 Å². The van der Waals surface area contributed by atoms with Crippen molar-refractivity contribution in [3.05, 3.63) is 94.0 Å². The first-order valence-corrected chi connectivity index (χ1v) is 9.61. The molecule has 0 radical (unpaired) electrons. The molecule has 0 unspecified atom stereocenters. The number of hydrogen-bond acceptors (Lipinski definition) is 3. The largest absolute Gasteiger partial charge is 0.343 e. The summed E-state index contributed by atoms with van der Waals surface area (Å²) in [6.45, 7) is -0.648. The van der Waals surface area contributed by atoms with Crippen molar-refractivity contribution in [2.75, 3.05) is 17.2 Å². The Bertz CT molecular complexity index is 1240. The highest BCUT2D eigenvalue weighted by Gasteiger charge is 2.18. The van der Waals surface area contributed by atoms with E-state index in [1.165, 1.54) is 30.3 Å². The molecule has 3 aromatic carbocycles. The first-order chi connectivity index (χ1) is 15.7. The fourth-order valence-corrected chi connectivity index (χ4v) is 2.86. The van der Waals surface area contributed by atoms with E-state index in [1.807, 2.05) is 5.32 Å². The molecule has 0 fully saturated rings. The van der Waals surface area contributed by atoms with Crippen LogP contribution in [0.5, 0.6) is 0 Å². The molecule has 11 heteroatoms. The van der Waals surface area contributed by atoms with E-state index in [0.717, 1.165) is 18.2 Å². The summed E-state index contributed by atoms with van der Waals surface area (Å²) in [7, 11) is 0. The molecule has 0 saturated heterocycles. The third-order valence-electron chi connectivity index (χ3n) is 4.30. The van der Waals surface area contributed by atoms with Gasteiger partial charge in [-0.2, -0.15) is 0 Å². The van der Waals surface area contributed by atoms with E-state index in [1.54, 1.807) is 0 Å². The molecule has 0 bridgehead atoms. The standard InChI is InChI=1S/C22H14ClF4N3O3/c23-12-3-6-14(17(9-12)30-21(32)11-1-4-13(24)5-2-11)22(33)28-10-18(31)29-16-8-7-15(25)19(26)20(16)27/h1-9H,10H2,(H,28,33)(H,29,31)(H,30,32). The summed E-state index contributed by atoms with van der Waals surface area (Å²) in [5.74, 6) is -7.63. The van der Waals surface area contributed by atoms with Crippen LogP contribution in [0.1, 0.15) is 20.7 Å². The molecule has 0 spiro atoms. The van der Waals surface area contributed by atoms with Gasteiger partial charge in [-0.3, -0.25) is 14.4 Å². The Hall–Kier alpha value is -3.92. The fraction of sp³-hybridized carbons (Fsp3) is 0.0455. The molecule has 0 aliphatic heterocycles. The van der Waals surface area contributed by atoms with E-state index in [9.17, 15) is 31.9 Å². The van der Waals surface area contributed by atoms with Crippen molar-refractivity contribution in [2.24, 2.45) is 0 Å². The lowest BCUT2D eigenvalue weighted by Crippen LogP contribution is -2.33. The third-order valence-corrected chi connectivity index (χ3v) is 4.53. The number of rotatable bonds is 6. The van der Waals surface area contributed by atoms with Crippen LogP contribution in [0.4, 0.5) is 28.9 Å². The quantitative estimate of drug-likeness (QED) is 0.359. The Morgan fingerprint density at radius 3 is 2.15 bits per heavy atom. The van der Waals surface area contributed by atoms with Crippen molar-refractivity contribution >= 4 is 40.7 Å². The van der Waals surface area contributed by atoms with Crippen LogP contribution in [-0.4, -0.2) is 24.3 Å². The fourth-order valence-electron chi connectivity index (χ4n) is 2.69.